The second kappa shape index (κ2) is 7.75. The van der Waals surface area contributed by atoms with Gasteiger partial charge in [0.15, 0.2) is 0 Å². The summed E-state index contributed by atoms with van der Waals surface area (Å²) in [5, 5.41) is 0. The molecule has 0 bridgehead atoms. The Balaban J connectivity index is 1.40. The smallest absolute Gasteiger partial charge is 0.338 e. The molecule has 1 unspecified atom stereocenters. The first kappa shape index (κ1) is 18.1. The minimum Gasteiger partial charge on any atom is -0.497 e. The lowest BCUT2D eigenvalue weighted by Crippen LogP contribution is -2.29. The van der Waals surface area contributed by atoms with Crippen LogP contribution in [0.1, 0.15) is 47.7 Å². The molecule has 2 aromatic carbocycles. The predicted molar refractivity (Wildman–Crippen MR) is 106 cm³/mol. The number of benzene rings is 2. The first-order valence-electron chi connectivity index (χ1n) is 10.1. The monoisotopic (exact) mass is 364 g/mol. The molecular formula is C24H28O3. The molecule has 2 aliphatic carbocycles. The summed E-state index contributed by atoms with van der Waals surface area (Å²) < 4.78 is 11.2. The first-order chi connectivity index (χ1) is 13.2. The maximum atomic E-state index is 12.4. The number of ether oxygens (including phenoxy) is 2. The zero-order valence-electron chi connectivity index (χ0n) is 16.2. The fourth-order valence-corrected chi connectivity index (χ4v) is 5.02. The van der Waals surface area contributed by atoms with Crippen LogP contribution in [0.5, 0.6) is 5.75 Å². The second-order valence-electron chi connectivity index (χ2n) is 8.05. The second-order valence-corrected chi connectivity index (χ2v) is 8.05. The van der Waals surface area contributed by atoms with Gasteiger partial charge in [-0.05, 0) is 85.3 Å². The molecule has 0 aliphatic heterocycles. The van der Waals surface area contributed by atoms with Crippen LogP contribution < -0.4 is 4.74 Å². The molecule has 142 valence electrons. The average molecular weight is 364 g/mol. The van der Waals surface area contributed by atoms with Gasteiger partial charge in [0, 0.05) is 0 Å². The van der Waals surface area contributed by atoms with Crippen LogP contribution in [0.4, 0.5) is 0 Å². The third kappa shape index (κ3) is 3.73. The molecule has 3 nitrogen and oxygen atoms in total. The quantitative estimate of drug-likeness (QED) is 0.711. The number of fused-ring (bicyclic) bond motifs is 1. The van der Waals surface area contributed by atoms with E-state index in [2.05, 4.69) is 25.1 Å². The van der Waals surface area contributed by atoms with Crippen molar-refractivity contribution in [2.75, 3.05) is 7.11 Å². The SMILES string of the molecule is COc1ccc2c(c1)CCC([C@@H]1CC[C@H](OC(=O)c3ccccc3)[C@H]1C)C2. The Labute approximate surface area is 161 Å². The van der Waals surface area contributed by atoms with Gasteiger partial charge in [-0.25, -0.2) is 4.79 Å². The average Bonchev–Trinajstić information content (AvgIpc) is 3.08. The van der Waals surface area contributed by atoms with Gasteiger partial charge in [-0.1, -0.05) is 31.2 Å². The minimum atomic E-state index is -0.186. The number of aryl methyl sites for hydroxylation is 1. The number of methoxy groups -OCH3 is 1. The lowest BCUT2D eigenvalue weighted by molar-refractivity contribution is 0.0174. The Bertz CT molecular complexity index is 799. The summed E-state index contributed by atoms with van der Waals surface area (Å²) in [6.07, 6.45) is 5.65. The molecule has 0 spiro atoms. The van der Waals surface area contributed by atoms with Crippen LogP contribution in [0.15, 0.2) is 48.5 Å². The summed E-state index contributed by atoms with van der Waals surface area (Å²) in [5.41, 5.74) is 3.54. The van der Waals surface area contributed by atoms with Gasteiger partial charge in [0.25, 0.3) is 0 Å². The normalized spacial score (nSPS) is 27.0. The summed E-state index contributed by atoms with van der Waals surface area (Å²) in [7, 11) is 1.73. The van der Waals surface area contributed by atoms with Crippen LogP contribution in [0.25, 0.3) is 0 Å². The standard InChI is InChI=1S/C24H28O3/c1-16-22(12-13-23(16)27-24(25)17-6-4-3-5-7-17)20-9-8-19-15-21(26-2)11-10-18(19)14-20/h3-7,10-11,15-16,20,22-23H,8-9,12-14H2,1-2H3/t16-,20?,22+,23-/m0/s1. The van der Waals surface area contributed by atoms with Crippen molar-refractivity contribution in [3.05, 3.63) is 65.2 Å². The Kier molecular flexibility index (Phi) is 5.20. The van der Waals surface area contributed by atoms with Gasteiger partial charge in [0.05, 0.1) is 12.7 Å². The zero-order chi connectivity index (χ0) is 18.8. The van der Waals surface area contributed by atoms with Gasteiger partial charge in [-0.3, -0.25) is 0 Å². The van der Waals surface area contributed by atoms with Crippen LogP contribution >= 0.6 is 0 Å². The highest BCUT2D eigenvalue weighted by atomic mass is 16.5. The molecule has 1 fully saturated rings. The van der Waals surface area contributed by atoms with Gasteiger partial charge < -0.3 is 9.47 Å². The number of hydrogen-bond acceptors (Lipinski definition) is 3. The lowest BCUT2D eigenvalue weighted by atomic mass is 9.73. The highest BCUT2D eigenvalue weighted by molar-refractivity contribution is 5.89. The minimum absolute atomic E-state index is 0.0416. The van der Waals surface area contributed by atoms with Crippen molar-refractivity contribution in [2.45, 2.75) is 45.1 Å². The van der Waals surface area contributed by atoms with Gasteiger partial charge in [0.2, 0.25) is 0 Å². The van der Waals surface area contributed by atoms with E-state index in [1.165, 1.54) is 17.5 Å². The van der Waals surface area contributed by atoms with E-state index < -0.39 is 0 Å². The zero-order valence-corrected chi connectivity index (χ0v) is 16.2. The molecule has 0 N–H and O–H groups in total. The molecule has 0 radical (unpaired) electrons. The molecule has 1 saturated carbocycles. The maximum Gasteiger partial charge on any atom is 0.338 e. The first-order valence-corrected chi connectivity index (χ1v) is 10.1. The van der Waals surface area contributed by atoms with Gasteiger partial charge >= 0.3 is 5.97 Å². The summed E-state index contributed by atoms with van der Waals surface area (Å²) in [6, 6.07) is 15.8. The Morgan fingerprint density at radius 2 is 1.81 bits per heavy atom. The molecule has 0 amide bonds. The van der Waals surface area contributed by atoms with E-state index in [-0.39, 0.29) is 12.1 Å². The van der Waals surface area contributed by atoms with Crippen LogP contribution in [0.2, 0.25) is 0 Å². The van der Waals surface area contributed by atoms with Gasteiger partial charge in [-0.15, -0.1) is 0 Å². The lowest BCUT2D eigenvalue weighted by Gasteiger charge is -2.32. The molecule has 27 heavy (non-hydrogen) atoms. The van der Waals surface area contributed by atoms with Crippen molar-refractivity contribution in [3.8, 4) is 5.75 Å². The number of esters is 1. The van der Waals surface area contributed by atoms with Crippen LogP contribution in [0, 0.1) is 17.8 Å². The topological polar surface area (TPSA) is 35.5 Å². The number of rotatable bonds is 4. The molecular weight excluding hydrogens is 336 g/mol. The molecule has 2 aromatic rings. The van der Waals surface area contributed by atoms with Crippen molar-refractivity contribution in [1.29, 1.82) is 0 Å². The molecule has 0 saturated heterocycles. The van der Waals surface area contributed by atoms with E-state index >= 15 is 0 Å². The van der Waals surface area contributed by atoms with E-state index in [0.717, 1.165) is 31.4 Å². The highest BCUT2D eigenvalue weighted by Crippen LogP contribution is 2.44. The van der Waals surface area contributed by atoms with Crippen molar-refractivity contribution >= 4 is 5.97 Å². The van der Waals surface area contributed by atoms with E-state index in [0.29, 0.717) is 23.3 Å². The Morgan fingerprint density at radius 3 is 2.59 bits per heavy atom. The Morgan fingerprint density at radius 1 is 1.00 bits per heavy atom. The van der Waals surface area contributed by atoms with E-state index in [1.807, 2.05) is 30.3 Å². The number of hydrogen-bond donors (Lipinski definition) is 0. The van der Waals surface area contributed by atoms with Crippen LogP contribution in [-0.4, -0.2) is 19.2 Å². The summed E-state index contributed by atoms with van der Waals surface area (Å²) >= 11 is 0. The number of carbonyl (C=O) groups is 1. The fraction of sp³-hybridized carbons (Fsp3) is 0.458. The highest BCUT2D eigenvalue weighted by Gasteiger charge is 2.40. The molecule has 2 aliphatic rings. The summed E-state index contributed by atoms with van der Waals surface area (Å²) in [6.45, 7) is 2.27. The summed E-state index contributed by atoms with van der Waals surface area (Å²) in [5.74, 6) is 2.50. The molecule has 4 rings (SSSR count). The van der Waals surface area contributed by atoms with Crippen molar-refractivity contribution in [2.24, 2.45) is 17.8 Å². The third-order valence-corrected chi connectivity index (χ3v) is 6.60. The van der Waals surface area contributed by atoms with Crippen molar-refractivity contribution < 1.29 is 14.3 Å². The van der Waals surface area contributed by atoms with Crippen LogP contribution in [0.3, 0.4) is 0 Å². The fourth-order valence-electron chi connectivity index (χ4n) is 5.02. The Hall–Kier alpha value is -2.29. The molecule has 4 atom stereocenters. The maximum absolute atomic E-state index is 12.4. The van der Waals surface area contributed by atoms with Crippen molar-refractivity contribution in [1.82, 2.24) is 0 Å². The largest absolute Gasteiger partial charge is 0.497 e. The molecule has 0 heterocycles. The van der Waals surface area contributed by atoms with Gasteiger partial charge in [0.1, 0.15) is 11.9 Å². The summed E-state index contributed by atoms with van der Waals surface area (Å²) in [4.78, 5) is 12.4. The van der Waals surface area contributed by atoms with E-state index in [4.69, 9.17) is 9.47 Å². The molecule has 3 heteroatoms. The van der Waals surface area contributed by atoms with Crippen LogP contribution in [-0.2, 0) is 17.6 Å². The van der Waals surface area contributed by atoms with E-state index in [1.54, 1.807) is 7.11 Å². The van der Waals surface area contributed by atoms with Crippen molar-refractivity contribution in [3.63, 3.8) is 0 Å². The van der Waals surface area contributed by atoms with E-state index in [9.17, 15) is 4.79 Å². The van der Waals surface area contributed by atoms with Gasteiger partial charge in [-0.2, -0.15) is 0 Å². The number of carbonyl (C=O) groups excluding carboxylic acids is 1. The molecule has 0 aromatic heterocycles. The predicted octanol–water partition coefficient (Wildman–Crippen LogP) is 5.07. The third-order valence-electron chi connectivity index (χ3n) is 6.60.